The molecule has 2 N–H and O–H groups in total. The van der Waals surface area contributed by atoms with E-state index in [9.17, 15) is 4.79 Å². The molecule has 0 aliphatic rings. The number of carbonyl (C=O) groups excluding carboxylic acids is 1. The van der Waals surface area contributed by atoms with E-state index in [4.69, 9.17) is 23.2 Å². The van der Waals surface area contributed by atoms with Crippen LogP contribution in [0.5, 0.6) is 0 Å². The Bertz CT molecular complexity index is 1190. The number of urea groups is 1. The second-order valence-electron chi connectivity index (χ2n) is 6.51. The molecule has 2 amide bonds. The molecule has 3 aromatic heterocycles. The number of nitrogens with one attached hydrogen (secondary N) is 2. The van der Waals surface area contributed by atoms with Crippen molar-refractivity contribution in [3.05, 3.63) is 58.7 Å². The zero-order chi connectivity index (χ0) is 20.5. The molecule has 0 spiro atoms. The van der Waals surface area contributed by atoms with E-state index in [1.165, 1.54) is 4.80 Å². The second kappa shape index (κ2) is 7.69. The highest BCUT2D eigenvalue weighted by Gasteiger charge is 2.17. The molecule has 0 radical (unpaired) electrons. The first-order valence-corrected chi connectivity index (χ1v) is 9.46. The number of rotatable bonds is 4. The number of nitrogens with zero attached hydrogens (tertiary/aromatic N) is 6. The quantitative estimate of drug-likeness (QED) is 0.499. The van der Waals surface area contributed by atoms with Crippen LogP contribution in [0.15, 0.2) is 42.9 Å². The fourth-order valence-electron chi connectivity index (χ4n) is 2.95. The van der Waals surface area contributed by atoms with Crippen LogP contribution in [0, 0.1) is 0 Å². The third-order valence-electron chi connectivity index (χ3n) is 4.13. The summed E-state index contributed by atoms with van der Waals surface area (Å²) >= 11 is 12.3. The van der Waals surface area contributed by atoms with Gasteiger partial charge in [0.05, 0.1) is 35.0 Å². The zero-order valence-electron chi connectivity index (χ0n) is 15.5. The van der Waals surface area contributed by atoms with Crippen molar-refractivity contribution < 1.29 is 4.79 Å². The summed E-state index contributed by atoms with van der Waals surface area (Å²) in [7, 11) is 0. The monoisotopic (exact) mass is 430 g/mol. The third kappa shape index (κ3) is 3.87. The number of halogens is 2. The molecule has 0 atom stereocenters. The van der Waals surface area contributed by atoms with Crippen LogP contribution in [0.1, 0.15) is 25.5 Å². The van der Waals surface area contributed by atoms with E-state index in [0.29, 0.717) is 32.9 Å². The summed E-state index contributed by atoms with van der Waals surface area (Å²) in [6, 6.07) is 6.28. The Balaban J connectivity index is 1.56. The van der Waals surface area contributed by atoms with Gasteiger partial charge in [-0.15, -0.1) is 0 Å². The second-order valence-corrected chi connectivity index (χ2v) is 7.31. The van der Waals surface area contributed by atoms with Crippen LogP contribution in [0.4, 0.5) is 16.2 Å². The molecule has 4 rings (SSSR count). The van der Waals surface area contributed by atoms with Gasteiger partial charge in [0.25, 0.3) is 0 Å². The summed E-state index contributed by atoms with van der Waals surface area (Å²) in [5.74, 6) is 0.0714. The highest BCUT2D eigenvalue weighted by molar-refractivity contribution is 6.32. The molecule has 1 aromatic carbocycles. The van der Waals surface area contributed by atoms with Gasteiger partial charge in [-0.25, -0.2) is 14.3 Å². The maximum Gasteiger partial charge on any atom is 0.323 e. The lowest BCUT2D eigenvalue weighted by Gasteiger charge is -2.15. The molecule has 148 valence electrons. The van der Waals surface area contributed by atoms with Crippen LogP contribution in [-0.4, -0.2) is 35.6 Å². The number of aromatic nitrogens is 6. The Morgan fingerprint density at radius 3 is 2.55 bits per heavy atom. The van der Waals surface area contributed by atoms with Gasteiger partial charge in [-0.3, -0.25) is 0 Å². The van der Waals surface area contributed by atoms with Crippen molar-refractivity contribution in [2.75, 3.05) is 10.6 Å². The van der Waals surface area contributed by atoms with Gasteiger partial charge in [-0.05, 0) is 24.1 Å². The number of hydrogen-bond acceptors (Lipinski definition) is 5. The predicted molar refractivity (Wildman–Crippen MR) is 111 cm³/mol. The van der Waals surface area contributed by atoms with E-state index in [1.54, 1.807) is 47.4 Å². The van der Waals surface area contributed by atoms with E-state index in [1.807, 2.05) is 13.8 Å². The number of benzene rings is 1. The van der Waals surface area contributed by atoms with Crippen molar-refractivity contribution in [1.82, 2.24) is 29.6 Å². The fraction of sp³-hybridized carbons (Fsp3) is 0.167. The van der Waals surface area contributed by atoms with E-state index in [2.05, 4.69) is 30.9 Å². The lowest BCUT2D eigenvalue weighted by Crippen LogP contribution is -2.22. The van der Waals surface area contributed by atoms with Gasteiger partial charge in [0, 0.05) is 11.8 Å². The Hall–Kier alpha value is -3.17. The van der Waals surface area contributed by atoms with E-state index in [0.717, 1.165) is 5.69 Å². The first kappa shape index (κ1) is 19.2. The molecule has 0 saturated heterocycles. The number of hydrogen-bond donors (Lipinski definition) is 2. The molecule has 4 aromatic rings. The third-order valence-corrected chi connectivity index (χ3v) is 4.61. The summed E-state index contributed by atoms with van der Waals surface area (Å²) in [6.45, 7) is 3.99. The van der Waals surface area contributed by atoms with Gasteiger partial charge in [0.2, 0.25) is 0 Å². The van der Waals surface area contributed by atoms with Crippen molar-refractivity contribution in [2.45, 2.75) is 19.8 Å². The molecule has 0 unspecified atom stereocenters. The number of fused-ring (bicyclic) bond motifs is 1. The Morgan fingerprint density at radius 2 is 1.86 bits per heavy atom. The lowest BCUT2D eigenvalue weighted by atomic mass is 10.1. The molecular formula is C18H16Cl2N8O. The molecule has 0 bridgehead atoms. The van der Waals surface area contributed by atoms with Gasteiger partial charge >= 0.3 is 6.03 Å². The maximum atomic E-state index is 12.5. The number of anilines is 2. The van der Waals surface area contributed by atoms with Crippen LogP contribution in [-0.2, 0) is 0 Å². The zero-order valence-corrected chi connectivity index (χ0v) is 17.0. The number of amides is 2. The van der Waals surface area contributed by atoms with Crippen molar-refractivity contribution in [2.24, 2.45) is 0 Å². The molecule has 0 fully saturated rings. The smallest absolute Gasteiger partial charge is 0.308 e. The van der Waals surface area contributed by atoms with Crippen LogP contribution < -0.4 is 10.6 Å². The van der Waals surface area contributed by atoms with Crippen LogP contribution in [0.2, 0.25) is 10.2 Å². The summed E-state index contributed by atoms with van der Waals surface area (Å²) in [6.07, 6.45) is 4.70. The van der Waals surface area contributed by atoms with Crippen molar-refractivity contribution >= 4 is 46.3 Å². The summed E-state index contributed by atoms with van der Waals surface area (Å²) < 4.78 is 1.63. The molecule has 3 heterocycles. The Morgan fingerprint density at radius 1 is 1.10 bits per heavy atom. The molecule has 29 heavy (non-hydrogen) atoms. The first-order chi connectivity index (χ1) is 13.9. The van der Waals surface area contributed by atoms with Crippen molar-refractivity contribution in [3.63, 3.8) is 0 Å². The first-order valence-electron chi connectivity index (χ1n) is 8.71. The minimum Gasteiger partial charge on any atom is -0.308 e. The lowest BCUT2D eigenvalue weighted by molar-refractivity contribution is 0.262. The highest BCUT2D eigenvalue weighted by atomic mass is 35.5. The molecule has 0 aliphatic heterocycles. The van der Waals surface area contributed by atoms with Crippen LogP contribution in [0.3, 0.4) is 0 Å². The largest absolute Gasteiger partial charge is 0.323 e. The van der Waals surface area contributed by atoms with E-state index < -0.39 is 6.03 Å². The Labute approximate surface area is 175 Å². The summed E-state index contributed by atoms with van der Waals surface area (Å²) in [5, 5.41) is 18.6. The maximum absolute atomic E-state index is 12.5. The minimum absolute atomic E-state index is 0.0714. The molecule has 0 saturated carbocycles. The molecule has 9 nitrogen and oxygen atoms in total. The standard InChI is InChI=1S/C18H16Cl2N8O/c1-10(2)17-13(9-21-16-8-15(20)26-27(16)17)25-18(29)24-11-3-4-14(12(19)7-11)28-22-5-6-23-28/h3-10H,1-2H3,(H2,24,25,29). The molecule has 0 aliphatic carbocycles. The average molecular weight is 431 g/mol. The number of carbonyl (C=O) groups is 1. The SMILES string of the molecule is CC(C)c1c(NC(=O)Nc2ccc(-n3nccn3)c(Cl)c2)cnc2cc(Cl)nn12. The van der Waals surface area contributed by atoms with Crippen molar-refractivity contribution in [1.29, 1.82) is 0 Å². The molecular weight excluding hydrogens is 415 g/mol. The van der Waals surface area contributed by atoms with Gasteiger partial charge in [0.1, 0.15) is 5.69 Å². The summed E-state index contributed by atoms with van der Waals surface area (Å²) in [5.41, 5.74) is 3.06. The van der Waals surface area contributed by atoms with Gasteiger partial charge in [-0.2, -0.15) is 20.1 Å². The predicted octanol–water partition coefficient (Wildman–Crippen LogP) is 4.38. The fourth-order valence-corrected chi connectivity index (χ4v) is 3.38. The van der Waals surface area contributed by atoms with E-state index in [-0.39, 0.29) is 5.92 Å². The average Bonchev–Trinajstić information content (AvgIpc) is 3.30. The normalized spacial score (nSPS) is 11.2. The van der Waals surface area contributed by atoms with Crippen LogP contribution >= 0.6 is 23.2 Å². The van der Waals surface area contributed by atoms with Crippen molar-refractivity contribution in [3.8, 4) is 5.69 Å². The minimum atomic E-state index is -0.438. The van der Waals surface area contributed by atoms with Gasteiger partial charge in [0.15, 0.2) is 10.8 Å². The topological polar surface area (TPSA) is 102 Å². The highest BCUT2D eigenvalue weighted by Crippen LogP contribution is 2.26. The Kier molecular flexibility index (Phi) is 5.08. The van der Waals surface area contributed by atoms with Gasteiger partial charge < -0.3 is 10.6 Å². The van der Waals surface area contributed by atoms with Crippen LogP contribution in [0.25, 0.3) is 11.3 Å². The van der Waals surface area contributed by atoms with E-state index >= 15 is 0 Å². The molecule has 11 heteroatoms. The van der Waals surface area contributed by atoms with Gasteiger partial charge in [-0.1, -0.05) is 37.0 Å². The summed E-state index contributed by atoms with van der Waals surface area (Å²) in [4.78, 5) is 18.2.